The predicted octanol–water partition coefficient (Wildman–Crippen LogP) is 2.31. The van der Waals surface area contributed by atoms with Crippen molar-refractivity contribution in [1.29, 1.82) is 0 Å². The minimum atomic E-state index is -3.20. The van der Waals surface area contributed by atoms with Gasteiger partial charge in [-0.25, -0.2) is 8.42 Å². The van der Waals surface area contributed by atoms with Crippen LogP contribution in [-0.2, 0) is 10.0 Å². The molecule has 1 aliphatic heterocycles. The van der Waals surface area contributed by atoms with Crippen molar-refractivity contribution in [3.63, 3.8) is 0 Å². The minimum absolute atomic E-state index is 0.266. The van der Waals surface area contributed by atoms with Crippen molar-refractivity contribution in [1.82, 2.24) is 5.32 Å². The Hall–Kier alpha value is -1.07. The Kier molecular flexibility index (Phi) is 3.98. The third kappa shape index (κ3) is 3.33. The summed E-state index contributed by atoms with van der Waals surface area (Å²) in [4.78, 5) is 0. The van der Waals surface area contributed by atoms with E-state index in [4.69, 9.17) is 0 Å². The van der Waals surface area contributed by atoms with Crippen LogP contribution in [0.4, 0.5) is 5.69 Å². The van der Waals surface area contributed by atoms with E-state index in [1.165, 1.54) is 12.0 Å². The second-order valence-electron chi connectivity index (χ2n) is 6.00. The molecular formula is C15H22N2O2S. The van der Waals surface area contributed by atoms with Crippen LogP contribution in [0.3, 0.4) is 0 Å². The lowest BCUT2D eigenvalue weighted by molar-refractivity contribution is 0.347. The van der Waals surface area contributed by atoms with Crippen LogP contribution in [0.15, 0.2) is 24.3 Å². The van der Waals surface area contributed by atoms with Crippen LogP contribution in [0, 0.1) is 5.92 Å². The highest BCUT2D eigenvalue weighted by Gasteiger charge is 2.24. The molecule has 1 heterocycles. The van der Waals surface area contributed by atoms with Gasteiger partial charge in [0.15, 0.2) is 0 Å². The number of hydrogen-bond donors (Lipinski definition) is 2. The van der Waals surface area contributed by atoms with Crippen LogP contribution in [0.5, 0.6) is 0 Å². The molecule has 1 saturated carbocycles. The average molecular weight is 294 g/mol. The van der Waals surface area contributed by atoms with Gasteiger partial charge in [-0.1, -0.05) is 18.6 Å². The van der Waals surface area contributed by atoms with Crippen LogP contribution in [-0.4, -0.2) is 27.3 Å². The Bertz CT molecular complexity index is 561. The summed E-state index contributed by atoms with van der Waals surface area (Å²) in [5.74, 6) is 1.13. The van der Waals surface area contributed by atoms with Gasteiger partial charge in [0.25, 0.3) is 0 Å². The zero-order chi connectivity index (χ0) is 14.0. The van der Waals surface area contributed by atoms with Gasteiger partial charge in [0.05, 0.1) is 5.75 Å². The maximum absolute atomic E-state index is 12.1. The van der Waals surface area contributed by atoms with Crippen molar-refractivity contribution in [2.24, 2.45) is 5.92 Å². The summed E-state index contributed by atoms with van der Waals surface area (Å²) >= 11 is 0. The first kappa shape index (κ1) is 13.9. The van der Waals surface area contributed by atoms with E-state index in [1.807, 2.05) is 18.2 Å². The molecule has 4 nitrogen and oxygen atoms in total. The van der Waals surface area contributed by atoms with E-state index in [0.717, 1.165) is 32.4 Å². The molecule has 0 radical (unpaired) electrons. The Morgan fingerprint density at radius 1 is 1.25 bits per heavy atom. The summed E-state index contributed by atoms with van der Waals surface area (Å²) in [5, 5.41) is 3.34. The molecule has 1 aliphatic carbocycles. The zero-order valence-corrected chi connectivity index (χ0v) is 12.5. The third-order valence-electron chi connectivity index (χ3n) is 4.37. The van der Waals surface area contributed by atoms with Crippen molar-refractivity contribution in [2.75, 3.05) is 23.6 Å². The number of hydrogen-bond acceptors (Lipinski definition) is 3. The Morgan fingerprint density at radius 3 is 2.75 bits per heavy atom. The van der Waals surface area contributed by atoms with Crippen molar-refractivity contribution < 1.29 is 8.42 Å². The highest BCUT2D eigenvalue weighted by atomic mass is 32.2. The zero-order valence-electron chi connectivity index (χ0n) is 11.6. The van der Waals surface area contributed by atoms with E-state index >= 15 is 0 Å². The van der Waals surface area contributed by atoms with Crippen molar-refractivity contribution in [2.45, 2.75) is 31.6 Å². The van der Waals surface area contributed by atoms with Gasteiger partial charge in [-0.3, -0.25) is 4.72 Å². The van der Waals surface area contributed by atoms with E-state index < -0.39 is 10.0 Å². The number of nitrogens with one attached hydrogen (secondary N) is 2. The van der Waals surface area contributed by atoms with Gasteiger partial charge in [0, 0.05) is 12.2 Å². The fourth-order valence-corrected chi connectivity index (χ4v) is 4.51. The summed E-state index contributed by atoms with van der Waals surface area (Å²) in [6.07, 6.45) is 4.39. The molecule has 1 atom stereocenters. The van der Waals surface area contributed by atoms with Crippen LogP contribution in [0.2, 0.25) is 0 Å². The van der Waals surface area contributed by atoms with E-state index in [9.17, 15) is 8.42 Å². The van der Waals surface area contributed by atoms with Crippen molar-refractivity contribution >= 4 is 15.7 Å². The standard InChI is InChI=1S/C15H22N2O2S/c18-20(19,11-12-3-1-4-12)17-15-6-2-5-13(9-15)14-7-8-16-10-14/h2,5-6,9,12,14,16-17H,1,3-4,7-8,10-11H2. The Balaban J connectivity index is 1.68. The number of anilines is 1. The number of rotatable bonds is 5. The van der Waals surface area contributed by atoms with Gasteiger partial charge in [0.2, 0.25) is 10.0 Å². The predicted molar refractivity (Wildman–Crippen MR) is 81.4 cm³/mol. The molecule has 1 unspecified atom stereocenters. The van der Waals surface area contributed by atoms with Gasteiger partial charge < -0.3 is 5.32 Å². The monoisotopic (exact) mass is 294 g/mol. The molecule has 3 rings (SSSR count). The molecule has 5 heteroatoms. The van der Waals surface area contributed by atoms with Crippen LogP contribution in [0.25, 0.3) is 0 Å². The molecular weight excluding hydrogens is 272 g/mol. The van der Waals surface area contributed by atoms with E-state index in [0.29, 0.717) is 17.5 Å². The lowest BCUT2D eigenvalue weighted by Gasteiger charge is -2.25. The minimum Gasteiger partial charge on any atom is -0.316 e. The van der Waals surface area contributed by atoms with Gasteiger partial charge in [-0.2, -0.15) is 0 Å². The van der Waals surface area contributed by atoms with Crippen LogP contribution in [0.1, 0.15) is 37.2 Å². The first-order chi connectivity index (χ1) is 9.62. The topological polar surface area (TPSA) is 58.2 Å². The van der Waals surface area contributed by atoms with Crippen molar-refractivity contribution in [3.05, 3.63) is 29.8 Å². The summed E-state index contributed by atoms with van der Waals surface area (Å²) in [5.41, 5.74) is 1.92. The van der Waals surface area contributed by atoms with Crippen LogP contribution >= 0.6 is 0 Å². The first-order valence-corrected chi connectivity index (χ1v) is 9.09. The smallest absolute Gasteiger partial charge is 0.232 e. The Morgan fingerprint density at radius 2 is 2.10 bits per heavy atom. The molecule has 1 saturated heterocycles. The van der Waals surface area contributed by atoms with Gasteiger partial charge in [-0.15, -0.1) is 0 Å². The number of sulfonamides is 1. The molecule has 110 valence electrons. The lowest BCUT2D eigenvalue weighted by atomic mass is 9.87. The Labute approximate surface area is 121 Å². The quantitative estimate of drug-likeness (QED) is 0.876. The fourth-order valence-electron chi connectivity index (χ4n) is 2.99. The highest BCUT2D eigenvalue weighted by Crippen LogP contribution is 2.29. The first-order valence-electron chi connectivity index (χ1n) is 7.43. The molecule has 0 amide bonds. The summed E-state index contributed by atoms with van der Waals surface area (Å²) in [6, 6.07) is 7.84. The van der Waals surface area contributed by atoms with E-state index in [2.05, 4.69) is 16.1 Å². The maximum atomic E-state index is 12.1. The summed E-state index contributed by atoms with van der Waals surface area (Å²) < 4.78 is 27.0. The molecule has 20 heavy (non-hydrogen) atoms. The normalized spacial score (nSPS) is 23.5. The van der Waals surface area contributed by atoms with Gasteiger partial charge in [0.1, 0.15) is 0 Å². The lowest BCUT2D eigenvalue weighted by Crippen LogP contribution is -2.26. The second-order valence-corrected chi connectivity index (χ2v) is 7.76. The molecule has 0 spiro atoms. The average Bonchev–Trinajstić information content (AvgIpc) is 2.88. The number of benzene rings is 1. The molecule has 1 aromatic carbocycles. The summed E-state index contributed by atoms with van der Waals surface area (Å²) in [6.45, 7) is 2.03. The SMILES string of the molecule is O=S(=O)(CC1CCC1)Nc1cccc(C2CCNC2)c1. The van der Waals surface area contributed by atoms with E-state index in [-0.39, 0.29) is 5.75 Å². The van der Waals surface area contributed by atoms with Gasteiger partial charge in [-0.05, 0) is 55.3 Å². The molecule has 0 bridgehead atoms. The second kappa shape index (κ2) is 5.74. The van der Waals surface area contributed by atoms with E-state index in [1.54, 1.807) is 0 Å². The van der Waals surface area contributed by atoms with Crippen molar-refractivity contribution in [3.8, 4) is 0 Å². The van der Waals surface area contributed by atoms with Crippen LogP contribution < -0.4 is 10.0 Å². The largest absolute Gasteiger partial charge is 0.316 e. The molecule has 2 N–H and O–H groups in total. The highest BCUT2D eigenvalue weighted by molar-refractivity contribution is 7.92. The van der Waals surface area contributed by atoms with Gasteiger partial charge >= 0.3 is 0 Å². The molecule has 0 aromatic heterocycles. The summed E-state index contributed by atoms with van der Waals surface area (Å²) in [7, 11) is -3.20. The molecule has 1 aromatic rings. The maximum Gasteiger partial charge on any atom is 0.232 e. The molecule has 2 aliphatic rings. The fraction of sp³-hybridized carbons (Fsp3) is 0.600. The third-order valence-corrected chi connectivity index (χ3v) is 5.83. The molecule has 2 fully saturated rings.